The van der Waals surface area contributed by atoms with Crippen LogP contribution in [0.2, 0.25) is 0 Å². The van der Waals surface area contributed by atoms with Crippen molar-refractivity contribution in [2.45, 2.75) is 50.6 Å². The molecule has 3 heterocycles. The van der Waals surface area contributed by atoms with E-state index < -0.39 is 29.3 Å². The van der Waals surface area contributed by atoms with E-state index in [0.717, 1.165) is 36.9 Å². The van der Waals surface area contributed by atoms with Crippen LogP contribution in [0.15, 0.2) is 53.2 Å². The highest BCUT2D eigenvalue weighted by atomic mass is 19.4. The number of aromatic amines is 1. The minimum atomic E-state index is -4.85. The number of nitrogens with one attached hydrogen (secondary N) is 1. The van der Waals surface area contributed by atoms with Gasteiger partial charge in [0.1, 0.15) is 11.6 Å². The van der Waals surface area contributed by atoms with E-state index in [1.54, 1.807) is 6.20 Å². The maximum atomic E-state index is 13.6. The van der Waals surface area contributed by atoms with Gasteiger partial charge in [0.25, 0.3) is 5.89 Å². The molecule has 0 bridgehead atoms. The normalized spacial score (nSPS) is 19.0. The first-order valence-electron chi connectivity index (χ1n) is 12.0. The van der Waals surface area contributed by atoms with Crippen molar-refractivity contribution >= 4 is 0 Å². The number of nitrogens with zero attached hydrogens (tertiary/aromatic N) is 4. The number of benzene rings is 2. The van der Waals surface area contributed by atoms with E-state index in [9.17, 15) is 30.7 Å². The van der Waals surface area contributed by atoms with Crippen molar-refractivity contribution in [2.24, 2.45) is 0 Å². The molecule has 0 unspecified atom stereocenters. The second-order valence-electron chi connectivity index (χ2n) is 9.51. The van der Waals surface area contributed by atoms with Gasteiger partial charge in [-0.15, -0.1) is 0 Å². The fourth-order valence-corrected chi connectivity index (χ4v) is 4.73. The first-order valence-corrected chi connectivity index (χ1v) is 12.0. The Hall–Kier alpha value is -3.74. The molecule has 1 aliphatic rings. The van der Waals surface area contributed by atoms with Gasteiger partial charge in [-0.1, -0.05) is 17.3 Å². The maximum Gasteiger partial charge on any atom is 0.419 e. The number of likely N-dealkylation sites (tertiary alicyclic amines) is 1. The number of piperidine rings is 1. The van der Waals surface area contributed by atoms with Crippen molar-refractivity contribution in [3.8, 4) is 22.7 Å². The lowest BCUT2D eigenvalue weighted by atomic mass is 9.91. The first kappa shape index (κ1) is 26.9. The lowest BCUT2D eigenvalue weighted by Gasteiger charge is -2.36. The summed E-state index contributed by atoms with van der Waals surface area (Å²) in [7, 11) is 0. The smallest absolute Gasteiger partial charge is 0.342 e. The van der Waals surface area contributed by atoms with Gasteiger partial charge in [0.15, 0.2) is 5.82 Å². The van der Waals surface area contributed by atoms with Crippen LogP contribution in [-0.2, 0) is 18.9 Å². The van der Waals surface area contributed by atoms with E-state index in [2.05, 4.69) is 25.0 Å². The highest BCUT2D eigenvalue weighted by molar-refractivity contribution is 5.59. The number of hydrogen-bond donors (Lipinski definition) is 1. The van der Waals surface area contributed by atoms with Gasteiger partial charge in [0, 0.05) is 17.5 Å². The molecule has 4 aromatic rings. The molecule has 6 nitrogen and oxygen atoms in total. The number of hydrogen-bond acceptors (Lipinski definition) is 5. The van der Waals surface area contributed by atoms with E-state index in [4.69, 9.17) is 4.52 Å². The predicted molar refractivity (Wildman–Crippen MR) is 126 cm³/mol. The minimum Gasteiger partial charge on any atom is -0.342 e. The summed E-state index contributed by atoms with van der Waals surface area (Å²) in [5.74, 6) is -0.388. The number of H-pyrrole nitrogens is 1. The summed E-state index contributed by atoms with van der Waals surface area (Å²) in [5.41, 5.74) is -0.929. The van der Waals surface area contributed by atoms with Gasteiger partial charge < -0.3 is 9.51 Å². The third-order valence-electron chi connectivity index (χ3n) is 6.85. The number of aromatic nitrogens is 4. The maximum absolute atomic E-state index is 13.6. The molecule has 5 rings (SSSR count). The Labute approximate surface area is 217 Å². The molecule has 1 saturated heterocycles. The quantitative estimate of drug-likeness (QED) is 0.268. The Morgan fingerprint density at radius 3 is 2.38 bits per heavy atom. The van der Waals surface area contributed by atoms with Crippen LogP contribution in [0.1, 0.15) is 48.5 Å². The van der Waals surface area contributed by atoms with Crippen LogP contribution in [0.3, 0.4) is 0 Å². The molecule has 0 spiro atoms. The molecular weight excluding hydrogens is 531 g/mol. The van der Waals surface area contributed by atoms with Crippen molar-refractivity contribution in [1.29, 1.82) is 0 Å². The lowest BCUT2D eigenvalue weighted by molar-refractivity contribution is -0.140. The van der Waals surface area contributed by atoms with Gasteiger partial charge in [-0.25, -0.2) is 9.37 Å². The molecule has 0 amide bonds. The fourth-order valence-electron chi connectivity index (χ4n) is 4.73. The summed E-state index contributed by atoms with van der Waals surface area (Å²) in [4.78, 5) is 14.0. The van der Waals surface area contributed by atoms with Crippen molar-refractivity contribution in [2.75, 3.05) is 6.54 Å². The number of rotatable bonds is 5. The van der Waals surface area contributed by atoms with E-state index >= 15 is 0 Å². The van der Waals surface area contributed by atoms with Crippen LogP contribution >= 0.6 is 0 Å². The molecule has 13 heteroatoms. The molecule has 1 fully saturated rings. The second kappa shape index (κ2) is 10.1. The molecule has 2 aromatic carbocycles. The Morgan fingerprint density at radius 1 is 1.00 bits per heavy atom. The zero-order valence-electron chi connectivity index (χ0n) is 20.4. The van der Waals surface area contributed by atoms with E-state index in [0.29, 0.717) is 36.5 Å². The monoisotopic (exact) mass is 553 g/mol. The van der Waals surface area contributed by atoms with Crippen LogP contribution < -0.4 is 0 Å². The summed E-state index contributed by atoms with van der Waals surface area (Å²) in [6, 6.07) is 7.46. The van der Waals surface area contributed by atoms with E-state index in [-0.39, 0.29) is 29.2 Å². The molecule has 2 aromatic heterocycles. The van der Waals surface area contributed by atoms with Crippen LogP contribution in [0.5, 0.6) is 0 Å². The fraction of sp³-hybridized carbons (Fsp3) is 0.346. The molecule has 0 saturated carbocycles. The van der Waals surface area contributed by atoms with Crippen LogP contribution in [-0.4, -0.2) is 37.6 Å². The molecule has 2 atom stereocenters. The average Bonchev–Trinajstić information content (AvgIpc) is 3.55. The SMILES string of the molecule is C[C@@H]1C[C@H](c2ncc(-c3ccc(C(F)(F)F)cc3)[nH]2)CCN1Cc1noc(-c2ccc(F)c(C(F)(F)F)c2)n1. The summed E-state index contributed by atoms with van der Waals surface area (Å²) >= 11 is 0. The summed E-state index contributed by atoms with van der Waals surface area (Å²) < 4.78 is 96.4. The number of halogens is 7. The highest BCUT2D eigenvalue weighted by Gasteiger charge is 2.35. The minimum absolute atomic E-state index is 0.0316. The lowest BCUT2D eigenvalue weighted by Crippen LogP contribution is -2.40. The molecule has 0 aliphatic carbocycles. The van der Waals surface area contributed by atoms with Gasteiger partial charge in [0.2, 0.25) is 0 Å². The molecule has 39 heavy (non-hydrogen) atoms. The van der Waals surface area contributed by atoms with Crippen molar-refractivity contribution in [3.05, 3.63) is 77.3 Å². The summed E-state index contributed by atoms with van der Waals surface area (Å²) in [6.45, 7) is 2.98. The van der Waals surface area contributed by atoms with Crippen LogP contribution in [0, 0.1) is 5.82 Å². The zero-order chi connectivity index (χ0) is 27.9. The van der Waals surface area contributed by atoms with Gasteiger partial charge >= 0.3 is 12.4 Å². The Bertz CT molecular complexity index is 1440. The molecule has 1 N–H and O–H groups in total. The van der Waals surface area contributed by atoms with Crippen LogP contribution in [0.4, 0.5) is 30.7 Å². The Kier molecular flexibility index (Phi) is 6.95. The number of alkyl halides is 6. The first-order chi connectivity index (χ1) is 18.4. The Balaban J connectivity index is 1.22. The van der Waals surface area contributed by atoms with E-state index in [1.165, 1.54) is 12.1 Å². The largest absolute Gasteiger partial charge is 0.419 e. The van der Waals surface area contributed by atoms with Gasteiger partial charge in [-0.2, -0.15) is 31.3 Å². The van der Waals surface area contributed by atoms with Gasteiger partial charge in [-0.3, -0.25) is 4.90 Å². The molecular formula is C26H22F7N5O. The average molecular weight is 553 g/mol. The predicted octanol–water partition coefficient (Wildman–Crippen LogP) is 7.07. The van der Waals surface area contributed by atoms with Crippen LogP contribution in [0.25, 0.3) is 22.7 Å². The van der Waals surface area contributed by atoms with Gasteiger partial charge in [0.05, 0.1) is 29.6 Å². The molecule has 1 aliphatic heterocycles. The van der Waals surface area contributed by atoms with E-state index in [1.807, 2.05) is 6.92 Å². The topological polar surface area (TPSA) is 70.8 Å². The third kappa shape index (κ3) is 5.82. The molecule has 0 radical (unpaired) electrons. The summed E-state index contributed by atoms with van der Waals surface area (Å²) in [5, 5.41) is 3.88. The number of imidazole rings is 1. The second-order valence-corrected chi connectivity index (χ2v) is 9.51. The standard InChI is InChI=1S/C26H22F7N5O/c1-14-10-16(23-34-12-21(35-23)15-2-5-18(6-3-15)25(28,29)30)8-9-38(14)13-22-36-24(39-37-22)17-4-7-20(27)19(11-17)26(31,32)33/h2-7,11-12,14,16H,8-10,13H2,1H3,(H,34,35)/t14-,16-/m1/s1. The molecule has 206 valence electrons. The van der Waals surface area contributed by atoms with Crippen molar-refractivity contribution in [3.63, 3.8) is 0 Å². The van der Waals surface area contributed by atoms with Crippen molar-refractivity contribution in [1.82, 2.24) is 25.0 Å². The zero-order valence-corrected chi connectivity index (χ0v) is 20.4. The third-order valence-corrected chi connectivity index (χ3v) is 6.85. The highest BCUT2D eigenvalue weighted by Crippen LogP contribution is 2.35. The van der Waals surface area contributed by atoms with Crippen molar-refractivity contribution < 1.29 is 35.3 Å². The summed E-state index contributed by atoms with van der Waals surface area (Å²) in [6.07, 6.45) is -6.17. The Morgan fingerprint density at radius 2 is 1.72 bits per heavy atom. The van der Waals surface area contributed by atoms with Gasteiger partial charge in [-0.05, 0) is 62.2 Å².